The number of rotatable bonds is 4. The number of H-pyrrole nitrogens is 1. The van der Waals surface area contributed by atoms with Gasteiger partial charge in [0.1, 0.15) is 0 Å². The van der Waals surface area contributed by atoms with Crippen molar-refractivity contribution in [2.24, 2.45) is 0 Å². The zero-order chi connectivity index (χ0) is 12.3. The van der Waals surface area contributed by atoms with Crippen molar-refractivity contribution in [1.29, 1.82) is 0 Å². The number of nitrogens with one attached hydrogen (secondary N) is 1. The van der Waals surface area contributed by atoms with Gasteiger partial charge in [-0.2, -0.15) is 16.2 Å². The predicted octanol–water partition coefficient (Wildman–Crippen LogP) is 1.64. The molecule has 1 N–H and O–H groups in total. The van der Waals surface area contributed by atoms with Crippen molar-refractivity contribution in [3.8, 4) is 0 Å². The topological polar surface area (TPSA) is 54.9 Å². The number of hydrogen-bond acceptors (Lipinski definition) is 3. The highest BCUT2D eigenvalue weighted by Gasteiger charge is 2.16. The smallest absolute Gasteiger partial charge is 0.295 e. The van der Waals surface area contributed by atoms with Crippen LogP contribution >= 0.6 is 23.4 Å². The minimum Gasteiger partial charge on any atom is -0.295 e. The van der Waals surface area contributed by atoms with Gasteiger partial charge in [0.05, 0.1) is 0 Å². The molecule has 7 heteroatoms. The first-order valence-electron chi connectivity index (χ1n) is 4.76. The molecule has 0 aromatic carbocycles. The third kappa shape index (κ3) is 2.68. The molecular weight excluding hydrogens is 255 g/mol. The second kappa shape index (κ2) is 5.54. The number of nitrogens with zero attached hydrogens (tertiary/aromatic N) is 1. The molecule has 0 aliphatic heterocycles. The molecule has 0 saturated carbocycles. The van der Waals surface area contributed by atoms with E-state index in [2.05, 4.69) is 4.98 Å². The second-order valence-corrected chi connectivity index (χ2v) is 4.94. The minimum absolute atomic E-state index is 0.368. The van der Waals surface area contributed by atoms with Gasteiger partial charge < -0.3 is 0 Å². The van der Waals surface area contributed by atoms with E-state index in [4.69, 9.17) is 11.6 Å². The van der Waals surface area contributed by atoms with Gasteiger partial charge in [-0.05, 0) is 12.7 Å². The zero-order valence-electron chi connectivity index (χ0n) is 8.92. The lowest BCUT2D eigenvalue weighted by Crippen LogP contribution is -2.39. The highest BCUT2D eigenvalue weighted by Crippen LogP contribution is 2.11. The van der Waals surface area contributed by atoms with E-state index < -0.39 is 22.2 Å². The Bertz CT molecular complexity index is 485. The summed E-state index contributed by atoms with van der Waals surface area (Å²) in [6.07, 6.45) is 0. The molecule has 16 heavy (non-hydrogen) atoms. The summed E-state index contributed by atoms with van der Waals surface area (Å²) >= 11 is 6.92. The standard InChI is InChI=1S/C9H12ClFN2O2S/c1-3-16-4-5(2)13-8(14)6(11)7(10)12-9(13)15/h5H,3-4H2,1-2H3,(H,12,15). The number of aromatic nitrogens is 2. The molecule has 0 bridgehead atoms. The summed E-state index contributed by atoms with van der Waals surface area (Å²) in [6, 6.07) is -0.368. The fourth-order valence-electron chi connectivity index (χ4n) is 1.26. The fraction of sp³-hybridized carbons (Fsp3) is 0.556. The van der Waals surface area contributed by atoms with Crippen LogP contribution in [0.15, 0.2) is 9.59 Å². The summed E-state index contributed by atoms with van der Waals surface area (Å²) in [4.78, 5) is 25.0. The van der Waals surface area contributed by atoms with Crippen LogP contribution in [0.5, 0.6) is 0 Å². The highest BCUT2D eigenvalue weighted by molar-refractivity contribution is 7.99. The lowest BCUT2D eigenvalue weighted by atomic mass is 10.4. The highest BCUT2D eigenvalue weighted by atomic mass is 35.5. The van der Waals surface area contributed by atoms with Crippen molar-refractivity contribution in [2.75, 3.05) is 11.5 Å². The van der Waals surface area contributed by atoms with Crippen molar-refractivity contribution >= 4 is 23.4 Å². The quantitative estimate of drug-likeness (QED) is 0.843. The summed E-state index contributed by atoms with van der Waals surface area (Å²) in [5.41, 5.74) is -1.65. The summed E-state index contributed by atoms with van der Waals surface area (Å²) in [7, 11) is 0. The van der Waals surface area contributed by atoms with Crippen LogP contribution in [0.3, 0.4) is 0 Å². The maximum absolute atomic E-state index is 13.2. The Morgan fingerprint density at radius 1 is 1.56 bits per heavy atom. The largest absolute Gasteiger partial charge is 0.329 e. The fourth-order valence-corrected chi connectivity index (χ4v) is 2.15. The van der Waals surface area contributed by atoms with Crippen LogP contribution in [0, 0.1) is 5.82 Å². The van der Waals surface area contributed by atoms with Gasteiger partial charge in [-0.15, -0.1) is 0 Å². The Morgan fingerprint density at radius 3 is 2.75 bits per heavy atom. The Labute approximate surface area is 101 Å². The molecule has 4 nitrogen and oxygen atoms in total. The second-order valence-electron chi connectivity index (χ2n) is 3.24. The molecule has 1 atom stereocenters. The van der Waals surface area contributed by atoms with Gasteiger partial charge >= 0.3 is 5.69 Å². The number of hydrogen-bond donors (Lipinski definition) is 1. The van der Waals surface area contributed by atoms with E-state index in [0.717, 1.165) is 10.3 Å². The van der Waals surface area contributed by atoms with Crippen molar-refractivity contribution in [2.45, 2.75) is 19.9 Å². The molecule has 0 fully saturated rings. The van der Waals surface area contributed by atoms with Crippen LogP contribution in [0.1, 0.15) is 19.9 Å². The van der Waals surface area contributed by atoms with Crippen LogP contribution in [-0.4, -0.2) is 21.1 Å². The molecule has 90 valence electrons. The van der Waals surface area contributed by atoms with Crippen molar-refractivity contribution in [3.63, 3.8) is 0 Å². The van der Waals surface area contributed by atoms with E-state index in [1.54, 1.807) is 18.7 Å². The van der Waals surface area contributed by atoms with Gasteiger partial charge in [0, 0.05) is 11.8 Å². The van der Waals surface area contributed by atoms with Gasteiger partial charge in [-0.1, -0.05) is 18.5 Å². The molecule has 0 aliphatic carbocycles. The molecule has 1 rings (SSSR count). The lowest BCUT2D eigenvalue weighted by molar-refractivity contribution is 0.502. The van der Waals surface area contributed by atoms with Gasteiger partial charge in [-0.25, -0.2) is 4.79 Å². The minimum atomic E-state index is -1.12. The van der Waals surface area contributed by atoms with Crippen LogP contribution in [0.4, 0.5) is 4.39 Å². The van der Waals surface area contributed by atoms with Crippen LogP contribution in [0.2, 0.25) is 5.15 Å². The molecule has 1 aromatic heterocycles. The van der Waals surface area contributed by atoms with E-state index in [1.807, 2.05) is 6.92 Å². The zero-order valence-corrected chi connectivity index (χ0v) is 10.5. The first-order chi connectivity index (χ1) is 7.49. The molecule has 0 spiro atoms. The van der Waals surface area contributed by atoms with Crippen LogP contribution in [-0.2, 0) is 0 Å². The van der Waals surface area contributed by atoms with Gasteiger partial charge in [-0.3, -0.25) is 14.3 Å². The average molecular weight is 267 g/mol. The molecule has 1 heterocycles. The van der Waals surface area contributed by atoms with Crippen LogP contribution < -0.4 is 11.2 Å². The van der Waals surface area contributed by atoms with Gasteiger partial charge in [0.15, 0.2) is 5.15 Å². The van der Waals surface area contributed by atoms with E-state index in [0.29, 0.717) is 5.75 Å². The SMILES string of the molecule is CCSCC(C)n1c(=O)[nH]c(Cl)c(F)c1=O. The summed E-state index contributed by atoms with van der Waals surface area (Å²) in [5.74, 6) is 0.322. The van der Waals surface area contributed by atoms with Gasteiger partial charge in [0.2, 0.25) is 5.82 Å². The normalized spacial score (nSPS) is 12.8. The molecule has 0 saturated heterocycles. The molecule has 1 unspecified atom stereocenters. The van der Waals surface area contributed by atoms with Crippen molar-refractivity contribution in [3.05, 3.63) is 31.8 Å². The molecule has 0 amide bonds. The first-order valence-corrected chi connectivity index (χ1v) is 6.29. The summed E-state index contributed by atoms with van der Waals surface area (Å²) in [5, 5.41) is -0.540. The lowest BCUT2D eigenvalue weighted by Gasteiger charge is -2.13. The number of aromatic amines is 1. The molecular formula is C9H12ClFN2O2S. The van der Waals surface area contributed by atoms with E-state index in [1.165, 1.54) is 0 Å². The van der Waals surface area contributed by atoms with E-state index in [9.17, 15) is 14.0 Å². The summed E-state index contributed by atoms with van der Waals surface area (Å²) < 4.78 is 14.1. The molecule has 0 aliphatic rings. The Hall–Kier alpha value is -0.750. The van der Waals surface area contributed by atoms with E-state index in [-0.39, 0.29) is 6.04 Å². The third-order valence-electron chi connectivity index (χ3n) is 2.04. The third-order valence-corrected chi connectivity index (χ3v) is 3.43. The Morgan fingerprint density at radius 2 is 2.19 bits per heavy atom. The maximum Gasteiger partial charge on any atom is 0.329 e. The van der Waals surface area contributed by atoms with E-state index >= 15 is 0 Å². The number of halogens is 2. The van der Waals surface area contributed by atoms with Crippen molar-refractivity contribution < 1.29 is 4.39 Å². The maximum atomic E-state index is 13.2. The monoisotopic (exact) mass is 266 g/mol. The Kier molecular flexibility index (Phi) is 4.61. The molecule has 1 aromatic rings. The predicted molar refractivity (Wildman–Crippen MR) is 64.0 cm³/mol. The van der Waals surface area contributed by atoms with Crippen molar-refractivity contribution in [1.82, 2.24) is 9.55 Å². The summed E-state index contributed by atoms with van der Waals surface area (Å²) in [6.45, 7) is 3.65. The van der Waals surface area contributed by atoms with Gasteiger partial charge in [0.25, 0.3) is 5.56 Å². The Balaban J connectivity index is 3.19. The average Bonchev–Trinajstić information content (AvgIpc) is 2.23. The number of thioether (sulfide) groups is 1. The molecule has 0 radical (unpaired) electrons. The first kappa shape index (κ1) is 13.3. The van der Waals surface area contributed by atoms with Crippen LogP contribution in [0.25, 0.3) is 0 Å².